The number of carbonyl (C=O) groups excluding carboxylic acids is 1. The summed E-state index contributed by atoms with van der Waals surface area (Å²) in [5.41, 5.74) is 1.20. The Morgan fingerprint density at radius 1 is 1.12 bits per heavy atom. The van der Waals surface area contributed by atoms with Gasteiger partial charge in [0.1, 0.15) is 5.75 Å². The summed E-state index contributed by atoms with van der Waals surface area (Å²) in [5.74, 6) is 1.37. The topological polar surface area (TPSA) is 51.2 Å². The van der Waals surface area contributed by atoms with Crippen LogP contribution in [-0.2, 0) is 20.8 Å². The molecule has 3 heterocycles. The number of morpholine rings is 1. The molecule has 26 heavy (non-hydrogen) atoms. The van der Waals surface area contributed by atoms with Crippen molar-refractivity contribution in [2.75, 3.05) is 59.2 Å². The van der Waals surface area contributed by atoms with E-state index in [2.05, 4.69) is 28.0 Å². The first-order valence-electron chi connectivity index (χ1n) is 9.69. The maximum atomic E-state index is 11.7. The molecule has 0 amide bonds. The predicted molar refractivity (Wildman–Crippen MR) is 97.0 cm³/mol. The normalized spacial score (nSPS) is 26.7. The summed E-state index contributed by atoms with van der Waals surface area (Å²) >= 11 is 0. The monoisotopic (exact) mass is 360 g/mol. The van der Waals surface area contributed by atoms with Gasteiger partial charge in [-0.3, -0.25) is 14.6 Å². The van der Waals surface area contributed by atoms with Gasteiger partial charge < -0.3 is 14.2 Å². The van der Waals surface area contributed by atoms with Crippen LogP contribution in [0, 0.1) is 11.8 Å². The van der Waals surface area contributed by atoms with E-state index in [0.717, 1.165) is 71.3 Å². The summed E-state index contributed by atoms with van der Waals surface area (Å²) in [5, 5.41) is 0. The van der Waals surface area contributed by atoms with Crippen LogP contribution in [0.4, 0.5) is 0 Å². The lowest BCUT2D eigenvalue weighted by Gasteiger charge is -2.26. The highest BCUT2D eigenvalue weighted by Gasteiger charge is 2.43. The van der Waals surface area contributed by atoms with E-state index >= 15 is 0 Å². The van der Waals surface area contributed by atoms with Crippen molar-refractivity contribution in [3.05, 3.63) is 29.8 Å². The first-order chi connectivity index (χ1) is 12.8. The molecule has 0 saturated carbocycles. The zero-order valence-corrected chi connectivity index (χ0v) is 15.3. The summed E-state index contributed by atoms with van der Waals surface area (Å²) in [4.78, 5) is 16.5. The van der Waals surface area contributed by atoms with Gasteiger partial charge >= 0.3 is 5.97 Å². The molecule has 0 unspecified atom stereocenters. The van der Waals surface area contributed by atoms with E-state index in [1.165, 1.54) is 5.56 Å². The number of nitrogens with zero attached hydrogens (tertiary/aromatic N) is 2. The van der Waals surface area contributed by atoms with Crippen molar-refractivity contribution in [3.8, 4) is 5.75 Å². The first-order valence-corrected chi connectivity index (χ1v) is 9.69. The summed E-state index contributed by atoms with van der Waals surface area (Å²) in [6, 6.07) is 8.26. The summed E-state index contributed by atoms with van der Waals surface area (Å²) < 4.78 is 16.6. The van der Waals surface area contributed by atoms with E-state index in [4.69, 9.17) is 14.2 Å². The Morgan fingerprint density at radius 3 is 2.81 bits per heavy atom. The Morgan fingerprint density at radius 2 is 1.96 bits per heavy atom. The third-order valence-electron chi connectivity index (χ3n) is 5.61. The largest absolute Gasteiger partial charge is 0.493 e. The SMILES string of the molecule is O=C1OC[C@H]2CN(Cc3ccccc3OCCCN3CCOCC3)C[C@@H]12. The van der Waals surface area contributed by atoms with Gasteiger partial charge in [-0.2, -0.15) is 0 Å². The van der Waals surface area contributed by atoms with E-state index < -0.39 is 0 Å². The molecule has 0 aliphatic carbocycles. The molecule has 3 aliphatic rings. The number of benzene rings is 1. The molecule has 1 aromatic rings. The van der Waals surface area contributed by atoms with Crippen LogP contribution < -0.4 is 4.74 Å². The highest BCUT2D eigenvalue weighted by Crippen LogP contribution is 2.32. The molecule has 6 heteroatoms. The second-order valence-electron chi connectivity index (χ2n) is 7.45. The number of carbonyl (C=O) groups is 1. The zero-order chi connectivity index (χ0) is 17.8. The molecule has 0 radical (unpaired) electrons. The van der Waals surface area contributed by atoms with Gasteiger partial charge in [0.15, 0.2) is 0 Å². The predicted octanol–water partition coefficient (Wildman–Crippen LogP) is 1.39. The van der Waals surface area contributed by atoms with Crippen molar-refractivity contribution in [3.63, 3.8) is 0 Å². The minimum Gasteiger partial charge on any atom is -0.493 e. The summed E-state index contributed by atoms with van der Waals surface area (Å²) in [6.45, 7) is 8.67. The van der Waals surface area contributed by atoms with Crippen LogP contribution in [0.2, 0.25) is 0 Å². The van der Waals surface area contributed by atoms with Gasteiger partial charge in [-0.25, -0.2) is 0 Å². The summed E-state index contributed by atoms with van der Waals surface area (Å²) in [7, 11) is 0. The molecule has 4 rings (SSSR count). The number of rotatable bonds is 7. The fourth-order valence-corrected chi connectivity index (χ4v) is 4.13. The average Bonchev–Trinajstić information content (AvgIpc) is 3.22. The van der Waals surface area contributed by atoms with Crippen LogP contribution in [-0.4, -0.2) is 74.9 Å². The van der Waals surface area contributed by atoms with Crippen LogP contribution in [0.1, 0.15) is 12.0 Å². The molecule has 3 aliphatic heterocycles. The van der Waals surface area contributed by atoms with Crippen LogP contribution in [0.25, 0.3) is 0 Å². The van der Waals surface area contributed by atoms with Crippen molar-refractivity contribution < 1.29 is 19.0 Å². The molecule has 3 saturated heterocycles. The number of para-hydroxylation sites is 1. The lowest BCUT2D eigenvalue weighted by atomic mass is 10.0. The first kappa shape index (κ1) is 17.8. The van der Waals surface area contributed by atoms with Crippen LogP contribution >= 0.6 is 0 Å². The van der Waals surface area contributed by atoms with E-state index in [1.54, 1.807) is 0 Å². The van der Waals surface area contributed by atoms with Crippen molar-refractivity contribution in [1.82, 2.24) is 9.80 Å². The number of fused-ring (bicyclic) bond motifs is 1. The van der Waals surface area contributed by atoms with Gasteiger partial charge in [-0.1, -0.05) is 18.2 Å². The van der Waals surface area contributed by atoms with E-state index in [9.17, 15) is 4.79 Å². The van der Waals surface area contributed by atoms with Gasteiger partial charge in [-0.15, -0.1) is 0 Å². The Bertz CT molecular complexity index is 618. The number of likely N-dealkylation sites (tertiary alicyclic amines) is 1. The minimum absolute atomic E-state index is 0.0230. The molecule has 0 bridgehead atoms. The third-order valence-corrected chi connectivity index (χ3v) is 5.61. The molecule has 1 aromatic carbocycles. The highest BCUT2D eigenvalue weighted by molar-refractivity contribution is 5.75. The van der Waals surface area contributed by atoms with Crippen molar-refractivity contribution in [2.45, 2.75) is 13.0 Å². The molecule has 0 spiro atoms. The van der Waals surface area contributed by atoms with E-state index in [-0.39, 0.29) is 11.9 Å². The van der Waals surface area contributed by atoms with Crippen molar-refractivity contribution >= 4 is 5.97 Å². The maximum absolute atomic E-state index is 11.7. The Balaban J connectivity index is 1.26. The molecule has 142 valence electrons. The van der Waals surface area contributed by atoms with Gasteiger partial charge in [0.25, 0.3) is 0 Å². The Labute approximate surface area is 155 Å². The van der Waals surface area contributed by atoms with Gasteiger partial charge in [-0.05, 0) is 12.5 Å². The Kier molecular flexibility index (Phi) is 5.72. The minimum atomic E-state index is -0.0230. The van der Waals surface area contributed by atoms with Crippen LogP contribution in [0.3, 0.4) is 0 Å². The van der Waals surface area contributed by atoms with Crippen molar-refractivity contribution in [1.29, 1.82) is 0 Å². The number of cyclic esters (lactones) is 1. The second-order valence-corrected chi connectivity index (χ2v) is 7.45. The average molecular weight is 360 g/mol. The molecule has 3 fully saturated rings. The smallest absolute Gasteiger partial charge is 0.310 e. The molecule has 6 nitrogen and oxygen atoms in total. The molecule has 0 N–H and O–H groups in total. The fourth-order valence-electron chi connectivity index (χ4n) is 4.13. The number of ether oxygens (including phenoxy) is 3. The second kappa shape index (κ2) is 8.37. The van der Waals surface area contributed by atoms with Crippen LogP contribution in [0.5, 0.6) is 5.75 Å². The van der Waals surface area contributed by atoms with Crippen LogP contribution in [0.15, 0.2) is 24.3 Å². The van der Waals surface area contributed by atoms with Crippen molar-refractivity contribution in [2.24, 2.45) is 11.8 Å². The maximum Gasteiger partial charge on any atom is 0.310 e. The lowest BCUT2D eigenvalue weighted by Crippen LogP contribution is -2.37. The molecular formula is C20H28N2O4. The lowest BCUT2D eigenvalue weighted by molar-refractivity contribution is -0.141. The molecule has 0 aromatic heterocycles. The quantitative estimate of drug-likeness (QED) is 0.541. The number of hydrogen-bond donors (Lipinski definition) is 0. The Hall–Kier alpha value is -1.63. The van der Waals surface area contributed by atoms with Gasteiger partial charge in [0, 0.05) is 50.7 Å². The fraction of sp³-hybridized carbons (Fsp3) is 0.650. The van der Waals surface area contributed by atoms with E-state index in [1.807, 2.05) is 6.07 Å². The standard InChI is InChI=1S/C20H28N2O4/c23-20-18-14-22(13-17(18)15-26-20)12-16-4-1-2-5-19(16)25-9-3-6-21-7-10-24-11-8-21/h1-2,4-5,17-18H,3,6-15H2/t17-,18-/m1/s1. The number of hydrogen-bond acceptors (Lipinski definition) is 6. The summed E-state index contributed by atoms with van der Waals surface area (Å²) in [6.07, 6.45) is 1.02. The molecule has 2 atom stereocenters. The van der Waals surface area contributed by atoms with E-state index in [0.29, 0.717) is 12.5 Å². The highest BCUT2D eigenvalue weighted by atomic mass is 16.5. The number of esters is 1. The third kappa shape index (κ3) is 4.19. The molecular weight excluding hydrogens is 332 g/mol. The zero-order valence-electron chi connectivity index (χ0n) is 15.3. The van der Waals surface area contributed by atoms with Gasteiger partial charge in [0.05, 0.1) is 32.3 Å². The van der Waals surface area contributed by atoms with Gasteiger partial charge in [0.2, 0.25) is 0 Å².